The summed E-state index contributed by atoms with van der Waals surface area (Å²) in [6.07, 6.45) is -1.06. The van der Waals surface area contributed by atoms with Gasteiger partial charge in [-0.05, 0) is 24.3 Å². The molecule has 0 bridgehead atoms. The van der Waals surface area contributed by atoms with Gasteiger partial charge in [0.15, 0.2) is 0 Å². The highest BCUT2D eigenvalue weighted by Crippen LogP contribution is 2.36. The van der Waals surface area contributed by atoms with Gasteiger partial charge in [-0.1, -0.05) is 28.1 Å². The monoisotopic (exact) mass is 348 g/mol. The third-order valence-electron chi connectivity index (χ3n) is 2.39. The predicted molar refractivity (Wildman–Crippen MR) is 75.3 cm³/mol. The first-order valence-electron chi connectivity index (χ1n) is 5.19. The molecule has 0 radical (unpaired) electrons. The van der Waals surface area contributed by atoms with E-state index >= 15 is 0 Å². The maximum Gasteiger partial charge on any atom is 0.417 e. The highest BCUT2D eigenvalue weighted by Gasteiger charge is 2.33. The lowest BCUT2D eigenvalue weighted by Crippen LogP contribution is -2.12. The quantitative estimate of drug-likeness (QED) is 0.777. The number of hydrogen-bond donors (Lipinski definition) is 2. The minimum atomic E-state index is -4.41. The summed E-state index contributed by atoms with van der Waals surface area (Å²) >= 11 is 7.99. The summed E-state index contributed by atoms with van der Waals surface area (Å²) in [7, 11) is 0. The van der Waals surface area contributed by atoms with E-state index in [9.17, 15) is 13.2 Å². The lowest BCUT2D eigenvalue weighted by molar-refractivity contribution is -0.138. The summed E-state index contributed by atoms with van der Waals surface area (Å²) < 4.78 is 38.2. The van der Waals surface area contributed by atoms with E-state index in [4.69, 9.17) is 12.2 Å². The minimum Gasteiger partial charge on any atom is -0.367 e. The van der Waals surface area contributed by atoms with E-state index in [1.54, 1.807) is 18.5 Å². The van der Waals surface area contributed by atoms with Crippen molar-refractivity contribution in [3.8, 4) is 0 Å². The van der Waals surface area contributed by atoms with Crippen molar-refractivity contribution < 1.29 is 13.2 Å². The van der Waals surface area contributed by atoms with Crippen molar-refractivity contribution in [3.63, 3.8) is 0 Å². The van der Waals surface area contributed by atoms with Crippen LogP contribution in [0.4, 0.5) is 18.9 Å². The van der Waals surface area contributed by atoms with Crippen LogP contribution in [0.5, 0.6) is 0 Å². The summed E-state index contributed by atoms with van der Waals surface area (Å²) in [4.78, 5) is 3.18. The van der Waals surface area contributed by atoms with Gasteiger partial charge in [0.05, 0.1) is 5.56 Å². The number of nitrogens with one attached hydrogen (secondary N) is 2. The Balaban J connectivity index is 2.25. The average molecular weight is 349 g/mol. The number of H-pyrrole nitrogens is 1. The largest absolute Gasteiger partial charge is 0.417 e. The zero-order valence-corrected chi connectivity index (χ0v) is 11.8. The van der Waals surface area contributed by atoms with Crippen molar-refractivity contribution in [2.24, 2.45) is 0 Å². The van der Waals surface area contributed by atoms with Crippen molar-refractivity contribution >= 4 is 38.8 Å². The average Bonchev–Trinajstić information content (AvgIpc) is 2.83. The molecule has 0 fully saturated rings. The Morgan fingerprint density at radius 3 is 2.58 bits per heavy atom. The van der Waals surface area contributed by atoms with Crippen LogP contribution in [0.3, 0.4) is 0 Å². The van der Waals surface area contributed by atoms with Gasteiger partial charge in [-0.15, -0.1) is 0 Å². The van der Waals surface area contributed by atoms with Crippen molar-refractivity contribution in [2.75, 3.05) is 5.32 Å². The van der Waals surface area contributed by atoms with E-state index in [1.165, 1.54) is 12.1 Å². The molecule has 0 saturated heterocycles. The van der Waals surface area contributed by atoms with Crippen molar-refractivity contribution in [1.29, 1.82) is 0 Å². The molecule has 19 heavy (non-hydrogen) atoms. The van der Waals surface area contributed by atoms with Crippen LogP contribution in [0.15, 0.2) is 41.1 Å². The van der Waals surface area contributed by atoms with Crippen LogP contribution in [0.2, 0.25) is 0 Å². The van der Waals surface area contributed by atoms with E-state index in [-0.39, 0.29) is 4.47 Å². The number of aromatic amines is 1. The van der Waals surface area contributed by atoms with E-state index in [1.807, 2.05) is 0 Å². The van der Waals surface area contributed by atoms with Crippen LogP contribution >= 0.6 is 28.1 Å². The van der Waals surface area contributed by atoms with Gasteiger partial charge in [0.25, 0.3) is 0 Å². The Kier molecular flexibility index (Phi) is 3.96. The number of aromatic nitrogens is 1. The molecule has 0 atom stereocenters. The maximum atomic E-state index is 12.7. The number of thiocarbonyl (C=S) groups is 1. The first-order chi connectivity index (χ1) is 8.88. The highest BCUT2D eigenvalue weighted by molar-refractivity contribution is 9.10. The third-order valence-corrected chi connectivity index (χ3v) is 3.42. The Morgan fingerprint density at radius 2 is 2.00 bits per heavy atom. The van der Waals surface area contributed by atoms with E-state index in [0.29, 0.717) is 16.2 Å². The number of halogens is 4. The molecule has 2 N–H and O–H groups in total. The van der Waals surface area contributed by atoms with Crippen LogP contribution < -0.4 is 5.32 Å². The second-order valence-corrected chi connectivity index (χ2v) is 5.01. The molecule has 1 heterocycles. The molecule has 1 aromatic heterocycles. The van der Waals surface area contributed by atoms with E-state index < -0.39 is 11.7 Å². The summed E-state index contributed by atoms with van der Waals surface area (Å²) in [6, 6.07) is 5.62. The molecule has 0 aliphatic carbocycles. The Hall–Kier alpha value is -1.34. The molecule has 2 aromatic rings. The van der Waals surface area contributed by atoms with Gasteiger partial charge in [-0.2, -0.15) is 13.2 Å². The smallest absolute Gasteiger partial charge is 0.367 e. The summed E-state index contributed by atoms with van der Waals surface area (Å²) in [5.74, 6) is 0. The highest BCUT2D eigenvalue weighted by atomic mass is 79.9. The topological polar surface area (TPSA) is 27.8 Å². The van der Waals surface area contributed by atoms with E-state index in [0.717, 1.165) is 6.07 Å². The van der Waals surface area contributed by atoms with Gasteiger partial charge in [-0.3, -0.25) is 0 Å². The van der Waals surface area contributed by atoms with Gasteiger partial charge in [-0.25, -0.2) is 0 Å². The fourth-order valence-electron chi connectivity index (χ4n) is 1.49. The molecule has 0 aliphatic rings. The SMILES string of the molecule is FC(F)(F)c1cc(NC(=S)c2cc[nH]c2)ccc1Br. The molecular weight excluding hydrogens is 341 g/mol. The lowest BCUT2D eigenvalue weighted by atomic mass is 10.2. The van der Waals surface area contributed by atoms with E-state index in [2.05, 4.69) is 26.2 Å². The van der Waals surface area contributed by atoms with Gasteiger partial charge in [0.2, 0.25) is 0 Å². The molecule has 2 rings (SSSR count). The fraction of sp³-hybridized carbons (Fsp3) is 0.0833. The second kappa shape index (κ2) is 5.34. The van der Waals surface area contributed by atoms with Gasteiger partial charge < -0.3 is 10.3 Å². The molecule has 1 aromatic carbocycles. The van der Waals surface area contributed by atoms with Crippen molar-refractivity contribution in [2.45, 2.75) is 6.18 Å². The molecule has 2 nitrogen and oxygen atoms in total. The maximum absolute atomic E-state index is 12.7. The predicted octanol–water partition coefficient (Wildman–Crippen LogP) is 4.58. The molecule has 100 valence electrons. The van der Waals surface area contributed by atoms with Crippen LogP contribution in [0.25, 0.3) is 0 Å². The number of rotatable bonds is 2. The zero-order chi connectivity index (χ0) is 14.0. The number of alkyl halides is 3. The summed E-state index contributed by atoms with van der Waals surface area (Å²) in [5.41, 5.74) is 0.266. The second-order valence-electron chi connectivity index (χ2n) is 3.75. The fourth-order valence-corrected chi connectivity index (χ4v) is 2.20. The van der Waals surface area contributed by atoms with Gasteiger partial charge in [0, 0.05) is 28.1 Å². The Bertz CT molecular complexity index is 594. The van der Waals surface area contributed by atoms with Crippen LogP contribution in [-0.4, -0.2) is 9.97 Å². The normalized spacial score (nSPS) is 11.4. The molecule has 0 unspecified atom stereocenters. The third kappa shape index (κ3) is 3.36. The van der Waals surface area contributed by atoms with Gasteiger partial charge in [0.1, 0.15) is 4.99 Å². The van der Waals surface area contributed by atoms with Crippen molar-refractivity contribution in [3.05, 3.63) is 52.3 Å². The van der Waals surface area contributed by atoms with Crippen LogP contribution in [-0.2, 0) is 6.18 Å². The number of anilines is 1. The first kappa shape index (κ1) is 14.1. The Labute approximate surface area is 121 Å². The lowest BCUT2D eigenvalue weighted by Gasteiger charge is -2.12. The van der Waals surface area contributed by atoms with Gasteiger partial charge >= 0.3 is 6.18 Å². The van der Waals surface area contributed by atoms with Crippen molar-refractivity contribution in [1.82, 2.24) is 4.98 Å². The first-order valence-corrected chi connectivity index (χ1v) is 6.39. The summed E-state index contributed by atoms with van der Waals surface area (Å²) in [6.45, 7) is 0. The molecule has 0 aliphatic heterocycles. The minimum absolute atomic E-state index is 0.00175. The van der Waals surface area contributed by atoms with Crippen LogP contribution in [0.1, 0.15) is 11.1 Å². The summed E-state index contributed by atoms with van der Waals surface area (Å²) in [5, 5.41) is 2.77. The molecular formula is C12H8BrF3N2S. The Morgan fingerprint density at radius 1 is 1.26 bits per heavy atom. The zero-order valence-electron chi connectivity index (χ0n) is 9.38. The molecule has 0 saturated carbocycles. The molecule has 0 amide bonds. The standard InChI is InChI=1S/C12H8BrF3N2S/c13-10-2-1-8(5-9(10)12(14,15)16)18-11(19)7-3-4-17-6-7/h1-6,17H,(H,18,19). The number of benzene rings is 1. The molecule has 7 heteroatoms. The number of hydrogen-bond acceptors (Lipinski definition) is 1. The van der Waals surface area contributed by atoms with Crippen LogP contribution in [0, 0.1) is 0 Å². The molecule has 0 spiro atoms.